The highest BCUT2D eigenvalue weighted by Crippen LogP contribution is 2.48. The first-order valence-electron chi connectivity index (χ1n) is 52.8. The molecule has 2 heteroatoms. The second-order valence-corrected chi connectivity index (χ2v) is 18.8. The number of rotatable bonds is 7. The van der Waals surface area contributed by atoms with Crippen molar-refractivity contribution < 1.29 is 82.9 Å². The van der Waals surface area contributed by atoms with Crippen LogP contribution in [-0.4, -0.2) is 0 Å². The lowest BCUT2D eigenvalue weighted by Crippen LogP contribution is -1.90. The Morgan fingerprint density at radius 3 is 0.920 bits per heavy atom. The average molecular weight is 1170 g/mol. The quantitative estimate of drug-likeness (QED) is 0.149. The van der Waals surface area contributed by atoms with Crippen LogP contribution in [0, 0.1) is 0 Å². The minimum Gasteiger partial charge on any atom is -0.455 e. The number of hydrogen-bond acceptors (Lipinski definition) is 2. The lowest BCUT2D eigenvalue weighted by molar-refractivity contribution is 0.669. The van der Waals surface area contributed by atoms with Crippen LogP contribution in [0.3, 0.4) is 0 Å². The first-order valence-corrected chi connectivity index (χ1v) is 25.8. The lowest BCUT2D eigenvalue weighted by Gasteiger charge is -2.17. The van der Waals surface area contributed by atoms with Crippen molar-refractivity contribution in [2.45, 2.75) is 0 Å². The molecule has 0 aliphatic rings. The molecular formula is C86H54O2. The van der Waals surface area contributed by atoms with Gasteiger partial charge in [0, 0.05) is 32.7 Å². The fraction of sp³-hybridized carbons (Fsp3) is 0. The maximum Gasteiger partial charge on any atom is 0.143 e. The number of para-hydroxylation sites is 2. The second-order valence-electron chi connectivity index (χ2n) is 18.8. The molecule has 18 rings (SSSR count). The van der Waals surface area contributed by atoms with E-state index in [4.69, 9.17) is 62.3 Å². The highest BCUT2D eigenvalue weighted by Gasteiger charge is 2.21. The van der Waals surface area contributed by atoms with Crippen molar-refractivity contribution in [2.24, 2.45) is 0 Å². The summed E-state index contributed by atoms with van der Waals surface area (Å²) in [5, 5.41) is -8.90. The van der Waals surface area contributed by atoms with E-state index < -0.39 is 502 Å². The normalized spacial score (nSPS) is 20.2. The highest BCUT2D eigenvalue weighted by molar-refractivity contribution is 6.24. The fourth-order valence-corrected chi connectivity index (χ4v) is 10.3. The van der Waals surface area contributed by atoms with Crippen LogP contribution in [0.2, 0.25) is 0 Å². The molecule has 2 heterocycles. The van der Waals surface area contributed by atoms with Crippen molar-refractivity contribution in [1.29, 1.82) is 0 Å². The van der Waals surface area contributed by atoms with Crippen LogP contribution in [-0.2, 0) is 0 Å². The van der Waals surface area contributed by atoms with E-state index in [0.29, 0.717) is 0 Å². The molecule has 0 aliphatic heterocycles. The standard InChI is InChI=1S/C44H28O.C42H26O/c1-3-12-29(13-4-1)30-22-24-31(25-23-30)34-20-11-21-39-40-28-33(26-27-41(40)45-44(34)39)43-37-18-9-7-16-35(37)42(32-14-5-2-6-15-32)36-17-8-10-19-38(36)43;1-2-12-28(13-3-1)40-33-15-6-8-17-35(33)41(36-18-9-7-16-34(36)40)31-23-24-39-38(26-31)37-20-10-19-32(42(37)43-39)30-22-21-27-11-4-5-14-29(27)25-30/h1-28H;1-26H/i1D,2D,3D,4D,5D,6D,7D,8D,9D,10D,11D,12D,13D,14D,15D,16D,17D,18D,19D,20D,21D,22D,23D,24D,25D,26D,27D,28D;1D,2D,3D,4D,5D,6D,7D,8D,9D,10D,11D,12D,13D,14D,15D,16D,17D,18D,19D,20D,21D,22D,23D,24D,25D,26D. The monoisotopic (exact) mass is 1170 g/mol. The zero-order chi connectivity index (χ0) is 105. The summed E-state index contributed by atoms with van der Waals surface area (Å²) in [5.41, 5.74) is -12.7. The van der Waals surface area contributed by atoms with Crippen LogP contribution in [0.4, 0.5) is 0 Å². The van der Waals surface area contributed by atoms with Crippen molar-refractivity contribution in [3.05, 3.63) is 326 Å². The van der Waals surface area contributed by atoms with Gasteiger partial charge in [-0.3, -0.25) is 0 Å². The highest BCUT2D eigenvalue weighted by atomic mass is 16.3. The molecule has 2 nitrogen and oxygen atoms in total. The summed E-state index contributed by atoms with van der Waals surface area (Å²) in [4.78, 5) is 0. The first kappa shape index (κ1) is 20.3. The zero-order valence-electron chi connectivity index (χ0n) is 97.8. The summed E-state index contributed by atoms with van der Waals surface area (Å²) in [6.07, 6.45) is 0. The molecule has 0 saturated heterocycles. The van der Waals surface area contributed by atoms with Crippen molar-refractivity contribution in [1.82, 2.24) is 0 Å². The predicted molar refractivity (Wildman–Crippen MR) is 373 cm³/mol. The molecule has 0 bridgehead atoms. The zero-order valence-corrected chi connectivity index (χ0v) is 43.8. The Morgan fingerprint density at radius 1 is 0.182 bits per heavy atom. The van der Waals surface area contributed by atoms with Gasteiger partial charge in [0.25, 0.3) is 0 Å². The van der Waals surface area contributed by atoms with Gasteiger partial charge in [-0.15, -0.1) is 0 Å². The molecule has 0 fully saturated rings. The summed E-state index contributed by atoms with van der Waals surface area (Å²) in [6.45, 7) is 0. The van der Waals surface area contributed by atoms with Gasteiger partial charge in [0.05, 0.1) is 74.0 Å². The molecule has 410 valence electrons. The summed E-state index contributed by atoms with van der Waals surface area (Å²) in [6, 6.07) is -49.3. The van der Waals surface area contributed by atoms with Crippen LogP contribution in [0.25, 0.3) is 176 Å². The van der Waals surface area contributed by atoms with E-state index >= 15 is 0 Å². The maximum absolute atomic E-state index is 9.85. The lowest BCUT2D eigenvalue weighted by atomic mass is 9.86. The Hall–Kier alpha value is -11.6. The van der Waals surface area contributed by atoms with Crippen LogP contribution >= 0.6 is 0 Å². The molecule has 0 saturated carbocycles. The van der Waals surface area contributed by atoms with Gasteiger partial charge in [-0.1, -0.05) is 296 Å². The summed E-state index contributed by atoms with van der Waals surface area (Å²) < 4.78 is 491. The van der Waals surface area contributed by atoms with Gasteiger partial charge in [-0.25, -0.2) is 0 Å². The van der Waals surface area contributed by atoms with Crippen molar-refractivity contribution in [3.63, 3.8) is 0 Å². The topological polar surface area (TPSA) is 26.3 Å². The Kier molecular flexibility index (Phi) is 4.88. The van der Waals surface area contributed by atoms with Gasteiger partial charge < -0.3 is 8.83 Å². The smallest absolute Gasteiger partial charge is 0.143 e. The van der Waals surface area contributed by atoms with E-state index in [0.717, 1.165) is 0 Å². The average Bonchev–Trinajstić information content (AvgIpc) is 0.989. The van der Waals surface area contributed by atoms with E-state index in [-0.39, 0.29) is 0 Å². The molecule has 0 amide bonds. The van der Waals surface area contributed by atoms with E-state index in [9.17, 15) is 20.6 Å². The van der Waals surface area contributed by atoms with Gasteiger partial charge in [-0.2, -0.15) is 0 Å². The van der Waals surface area contributed by atoms with Crippen molar-refractivity contribution >= 4 is 97.7 Å². The third-order valence-electron chi connectivity index (χ3n) is 14.0. The van der Waals surface area contributed by atoms with E-state index in [1.54, 1.807) is 0 Å². The molecule has 0 N–H and O–H groups in total. The molecule has 88 heavy (non-hydrogen) atoms. The SMILES string of the molecule is [2H]c1c([2H])c([2H])c(-c2c([2H])c([2H])c(-c3c([2H])c([2H])c([2H])c4c3oc3c([2H])c([2H])c(-c5c6c([2H])c([2H])c([2H])c([2H])c6c(-c6c([2H])c([2H])c([2H])c([2H])c6[2H])c6c([2H])c([2H])c([2H])c([2H])c56)c([2H])c34)c([2H])c2[2H])c([2H])c1[2H].[2H]c1c([2H])c([2H])c(-c2c3c([2H])c([2H])c([2H])c([2H])c3c(-c3c([2H])c([2H])c4oc5c(-c6c([2H])c([2H])c7c([2H])c([2H])c([2H])c([2H])c7c6[2H])c([2H])c([2H])c([2H])c5c4c3[2H])c3c([2H])c([2H])c([2H])c([2H])c23)c([2H])c1[2H]. The third kappa shape index (κ3) is 8.56. The van der Waals surface area contributed by atoms with Gasteiger partial charge in [0.1, 0.15) is 22.3 Å². The van der Waals surface area contributed by atoms with Crippen LogP contribution < -0.4 is 0 Å². The Balaban J connectivity index is 0.000000196. The van der Waals surface area contributed by atoms with Crippen molar-refractivity contribution in [3.8, 4) is 77.9 Å². The van der Waals surface area contributed by atoms with Gasteiger partial charge in [0.15, 0.2) is 0 Å². The van der Waals surface area contributed by atoms with Crippen molar-refractivity contribution in [2.75, 3.05) is 0 Å². The Labute approximate surface area is 584 Å². The molecule has 16 aromatic carbocycles. The summed E-state index contributed by atoms with van der Waals surface area (Å²) in [5.74, 6) is 0. The van der Waals surface area contributed by atoms with Gasteiger partial charge in [-0.05, 0) is 151 Å². The van der Waals surface area contributed by atoms with Gasteiger partial charge >= 0.3 is 0 Å². The minimum atomic E-state index is -1.01. The number of hydrogen-bond donors (Lipinski definition) is 0. The van der Waals surface area contributed by atoms with Gasteiger partial charge in [0.2, 0.25) is 0 Å². The number of furan rings is 2. The van der Waals surface area contributed by atoms with Crippen LogP contribution in [0.5, 0.6) is 0 Å². The Morgan fingerprint density at radius 2 is 0.489 bits per heavy atom. The number of benzene rings is 16. The van der Waals surface area contributed by atoms with E-state index in [1.165, 1.54) is 0 Å². The predicted octanol–water partition coefficient (Wildman–Crippen LogP) is 24.6. The largest absolute Gasteiger partial charge is 0.455 e. The molecule has 2 aromatic heterocycles. The molecule has 0 aliphatic carbocycles. The molecule has 18 aromatic rings. The second kappa shape index (κ2) is 21.2. The first-order chi connectivity index (χ1) is 66.1. The summed E-state index contributed by atoms with van der Waals surface area (Å²) >= 11 is 0. The minimum absolute atomic E-state index is 0.506. The van der Waals surface area contributed by atoms with Crippen LogP contribution in [0.1, 0.15) is 74.0 Å². The fourth-order valence-electron chi connectivity index (χ4n) is 10.3. The molecule has 0 atom stereocenters. The van der Waals surface area contributed by atoms with E-state index in [1.807, 2.05) is 0 Å². The number of fused-ring (bicyclic) bond motifs is 11. The molecular weight excluding hydrogens is 1060 g/mol. The molecule has 0 spiro atoms. The summed E-state index contributed by atoms with van der Waals surface area (Å²) in [7, 11) is 0. The Bertz CT molecular complexity index is 8850. The third-order valence-corrected chi connectivity index (χ3v) is 14.0. The van der Waals surface area contributed by atoms with E-state index in [2.05, 4.69) is 0 Å². The van der Waals surface area contributed by atoms with Crippen LogP contribution in [0.15, 0.2) is 335 Å². The maximum atomic E-state index is 9.85. The molecule has 0 unspecified atom stereocenters. The molecule has 0 radical (unpaired) electrons.